The number of hydrogen-bond acceptors (Lipinski definition) is 4. The summed E-state index contributed by atoms with van der Waals surface area (Å²) >= 11 is 0. The summed E-state index contributed by atoms with van der Waals surface area (Å²) in [6, 6.07) is 9.98. The van der Waals surface area contributed by atoms with Crippen LogP contribution in [0.5, 0.6) is 0 Å². The topological polar surface area (TPSA) is 67.5 Å². The molecule has 1 heterocycles. The van der Waals surface area contributed by atoms with Gasteiger partial charge in [0.25, 0.3) is 0 Å². The molecule has 1 aromatic carbocycles. The molecule has 0 aliphatic carbocycles. The minimum atomic E-state index is -0.813. The molecule has 3 atom stereocenters. The van der Waals surface area contributed by atoms with Crippen molar-refractivity contribution < 1.29 is 9.84 Å². The number of nitrogens with two attached hydrogens (primary N) is 1. The van der Waals surface area contributed by atoms with Crippen molar-refractivity contribution in [2.75, 3.05) is 6.54 Å². The Morgan fingerprint density at radius 3 is 2.76 bits per heavy atom. The third kappa shape index (κ3) is 3.78. The van der Waals surface area contributed by atoms with E-state index in [2.05, 4.69) is 17.4 Å². The van der Waals surface area contributed by atoms with Crippen molar-refractivity contribution in [2.24, 2.45) is 5.73 Å². The van der Waals surface area contributed by atoms with Gasteiger partial charge in [-0.2, -0.15) is 0 Å². The molecule has 1 aliphatic rings. The summed E-state index contributed by atoms with van der Waals surface area (Å²) in [6.45, 7) is 1.57. The Balaban J connectivity index is 1.69. The van der Waals surface area contributed by atoms with Gasteiger partial charge in [-0.1, -0.05) is 30.3 Å². The average Bonchev–Trinajstić information content (AvgIpc) is 2.35. The molecule has 2 rings (SSSR count). The Morgan fingerprint density at radius 2 is 2.06 bits per heavy atom. The summed E-state index contributed by atoms with van der Waals surface area (Å²) in [5.41, 5.74) is 6.92. The Kier molecular flexibility index (Phi) is 4.50. The van der Waals surface area contributed by atoms with Crippen LogP contribution in [0.4, 0.5) is 0 Å². The molecule has 1 aliphatic heterocycles. The van der Waals surface area contributed by atoms with Gasteiger partial charge in [0.15, 0.2) is 6.29 Å². The van der Waals surface area contributed by atoms with E-state index in [-0.39, 0.29) is 12.1 Å². The zero-order valence-electron chi connectivity index (χ0n) is 9.88. The van der Waals surface area contributed by atoms with Gasteiger partial charge in [-0.3, -0.25) is 0 Å². The van der Waals surface area contributed by atoms with Crippen LogP contribution in [-0.2, 0) is 11.3 Å². The minimum Gasteiger partial charge on any atom is -0.367 e. The molecule has 0 bridgehead atoms. The fourth-order valence-electron chi connectivity index (χ4n) is 2.01. The van der Waals surface area contributed by atoms with Crippen molar-refractivity contribution in [3.8, 4) is 0 Å². The number of rotatable bonds is 4. The minimum absolute atomic E-state index is 0.0634. The molecule has 0 radical (unpaired) electrons. The number of benzene rings is 1. The van der Waals surface area contributed by atoms with Crippen LogP contribution in [-0.4, -0.2) is 30.1 Å². The van der Waals surface area contributed by atoms with Crippen LogP contribution >= 0.6 is 0 Å². The predicted molar refractivity (Wildman–Crippen MR) is 66.2 cm³/mol. The van der Waals surface area contributed by atoms with Crippen LogP contribution in [0.3, 0.4) is 0 Å². The van der Waals surface area contributed by atoms with E-state index < -0.39 is 6.29 Å². The Labute approximate surface area is 102 Å². The summed E-state index contributed by atoms with van der Waals surface area (Å²) in [5, 5.41) is 12.8. The maximum Gasteiger partial charge on any atom is 0.170 e. The van der Waals surface area contributed by atoms with Gasteiger partial charge < -0.3 is 20.9 Å². The highest BCUT2D eigenvalue weighted by Crippen LogP contribution is 2.16. The van der Waals surface area contributed by atoms with Gasteiger partial charge in [0.05, 0.1) is 12.1 Å². The average molecular weight is 236 g/mol. The van der Waals surface area contributed by atoms with Crippen LogP contribution in [0.15, 0.2) is 30.3 Å². The first-order valence-electron chi connectivity index (χ1n) is 6.09. The van der Waals surface area contributed by atoms with E-state index in [0.29, 0.717) is 0 Å². The van der Waals surface area contributed by atoms with Crippen LogP contribution in [0.1, 0.15) is 18.4 Å². The van der Waals surface area contributed by atoms with E-state index in [4.69, 9.17) is 10.5 Å². The molecule has 0 saturated carbocycles. The molecular weight excluding hydrogens is 216 g/mol. The second-order valence-corrected chi connectivity index (χ2v) is 4.51. The largest absolute Gasteiger partial charge is 0.367 e. The highest BCUT2D eigenvalue weighted by Gasteiger charge is 2.26. The summed E-state index contributed by atoms with van der Waals surface area (Å²) in [4.78, 5) is 0. The van der Waals surface area contributed by atoms with Gasteiger partial charge in [-0.05, 0) is 18.4 Å². The predicted octanol–water partition coefficient (Wildman–Crippen LogP) is 0.601. The number of nitrogens with one attached hydrogen (secondary N) is 1. The summed E-state index contributed by atoms with van der Waals surface area (Å²) in [6.07, 6.45) is 0.972. The molecule has 1 fully saturated rings. The lowest BCUT2D eigenvalue weighted by Gasteiger charge is -2.31. The molecule has 1 aromatic rings. The van der Waals surface area contributed by atoms with Crippen molar-refractivity contribution >= 4 is 0 Å². The Hall–Kier alpha value is -0.940. The Bertz CT molecular complexity index is 331. The van der Waals surface area contributed by atoms with Gasteiger partial charge in [0.2, 0.25) is 0 Å². The number of aliphatic hydroxyl groups excluding tert-OH is 1. The quantitative estimate of drug-likeness (QED) is 0.716. The molecular formula is C13H20N2O2. The molecule has 0 amide bonds. The van der Waals surface area contributed by atoms with Crippen LogP contribution in [0, 0.1) is 0 Å². The van der Waals surface area contributed by atoms with E-state index in [1.807, 2.05) is 18.2 Å². The summed E-state index contributed by atoms with van der Waals surface area (Å²) in [7, 11) is 0. The maximum absolute atomic E-state index is 9.49. The standard InChI is InChI=1S/C13H20N2O2/c14-12-7-6-11(17-13(12)16)9-15-8-10-4-2-1-3-5-10/h1-5,11-13,15-16H,6-9,14H2. The summed E-state index contributed by atoms with van der Waals surface area (Å²) in [5.74, 6) is 0. The van der Waals surface area contributed by atoms with Crippen LogP contribution < -0.4 is 11.1 Å². The molecule has 0 spiro atoms. The molecule has 3 unspecified atom stereocenters. The highest BCUT2D eigenvalue weighted by atomic mass is 16.6. The molecule has 94 valence electrons. The summed E-state index contributed by atoms with van der Waals surface area (Å²) < 4.78 is 5.40. The van der Waals surface area contributed by atoms with Crippen molar-refractivity contribution in [3.63, 3.8) is 0 Å². The zero-order chi connectivity index (χ0) is 12.1. The highest BCUT2D eigenvalue weighted by molar-refractivity contribution is 5.14. The van der Waals surface area contributed by atoms with Crippen LogP contribution in [0.25, 0.3) is 0 Å². The van der Waals surface area contributed by atoms with Gasteiger partial charge in [0.1, 0.15) is 0 Å². The third-order valence-corrected chi connectivity index (χ3v) is 3.06. The molecule has 17 heavy (non-hydrogen) atoms. The maximum atomic E-state index is 9.49. The van der Waals surface area contributed by atoms with Crippen molar-refractivity contribution in [1.29, 1.82) is 0 Å². The van der Waals surface area contributed by atoms with Gasteiger partial charge in [-0.25, -0.2) is 0 Å². The third-order valence-electron chi connectivity index (χ3n) is 3.06. The first-order chi connectivity index (χ1) is 8.25. The van der Waals surface area contributed by atoms with E-state index in [0.717, 1.165) is 25.9 Å². The second kappa shape index (κ2) is 6.12. The lowest BCUT2D eigenvalue weighted by atomic mass is 10.0. The zero-order valence-corrected chi connectivity index (χ0v) is 9.88. The second-order valence-electron chi connectivity index (χ2n) is 4.51. The van der Waals surface area contributed by atoms with Gasteiger partial charge >= 0.3 is 0 Å². The smallest absolute Gasteiger partial charge is 0.170 e. The number of hydrogen-bond donors (Lipinski definition) is 3. The lowest BCUT2D eigenvalue weighted by Crippen LogP contribution is -2.46. The van der Waals surface area contributed by atoms with Crippen molar-refractivity contribution in [2.45, 2.75) is 37.8 Å². The van der Waals surface area contributed by atoms with Crippen LogP contribution in [0.2, 0.25) is 0 Å². The number of ether oxygens (including phenoxy) is 1. The lowest BCUT2D eigenvalue weighted by molar-refractivity contribution is -0.170. The monoisotopic (exact) mass is 236 g/mol. The molecule has 1 saturated heterocycles. The molecule has 4 nitrogen and oxygen atoms in total. The van der Waals surface area contributed by atoms with Gasteiger partial charge in [-0.15, -0.1) is 0 Å². The van der Waals surface area contributed by atoms with E-state index >= 15 is 0 Å². The SMILES string of the molecule is NC1CCC(CNCc2ccccc2)OC1O. The van der Waals surface area contributed by atoms with Crippen molar-refractivity contribution in [3.05, 3.63) is 35.9 Å². The van der Waals surface area contributed by atoms with Gasteiger partial charge in [0, 0.05) is 13.1 Å². The first-order valence-corrected chi connectivity index (χ1v) is 6.09. The Morgan fingerprint density at radius 1 is 1.29 bits per heavy atom. The first kappa shape index (κ1) is 12.5. The molecule has 4 heteroatoms. The van der Waals surface area contributed by atoms with E-state index in [1.54, 1.807) is 0 Å². The van der Waals surface area contributed by atoms with E-state index in [1.165, 1.54) is 5.56 Å². The normalized spacial score (nSPS) is 29.2. The fraction of sp³-hybridized carbons (Fsp3) is 0.538. The molecule has 4 N–H and O–H groups in total. The van der Waals surface area contributed by atoms with E-state index in [9.17, 15) is 5.11 Å². The molecule has 0 aromatic heterocycles. The van der Waals surface area contributed by atoms with Crippen molar-refractivity contribution in [1.82, 2.24) is 5.32 Å². The number of aliphatic hydroxyl groups is 1. The fourth-order valence-corrected chi connectivity index (χ4v) is 2.01.